The van der Waals surface area contributed by atoms with Crippen molar-refractivity contribution in [2.24, 2.45) is 40.9 Å². The van der Waals surface area contributed by atoms with Gasteiger partial charge in [-0.05, 0) is 89.4 Å². The summed E-state index contributed by atoms with van der Waals surface area (Å²) in [4.78, 5) is 36.5. The maximum absolute atomic E-state index is 13.1. The number of hydrogen-bond donors (Lipinski definition) is 0. The summed E-state index contributed by atoms with van der Waals surface area (Å²) in [5.41, 5.74) is -1.01. The van der Waals surface area contributed by atoms with Gasteiger partial charge in [0.25, 0.3) is 0 Å². The molecule has 2 unspecified atom stereocenters. The molecule has 0 spiro atoms. The second-order valence-corrected chi connectivity index (χ2v) is 10.4. The van der Waals surface area contributed by atoms with Crippen molar-refractivity contribution in [2.75, 3.05) is 0 Å². The molecule has 150 valence electrons. The highest BCUT2D eigenvalue weighted by Gasteiger charge is 2.57. The first-order valence-electron chi connectivity index (χ1n) is 10.6. The van der Waals surface area contributed by atoms with Crippen molar-refractivity contribution in [3.05, 3.63) is 0 Å². The molecule has 2 atom stereocenters. The van der Waals surface area contributed by atoms with Gasteiger partial charge in [0.1, 0.15) is 5.60 Å². The van der Waals surface area contributed by atoms with Crippen LogP contribution in [0.5, 0.6) is 0 Å². The number of hydrogen-bond acceptors (Lipinski definition) is 5. The molecule has 5 rings (SSSR count). The summed E-state index contributed by atoms with van der Waals surface area (Å²) in [6, 6.07) is 0. The Morgan fingerprint density at radius 1 is 1.07 bits per heavy atom. The van der Waals surface area contributed by atoms with Crippen LogP contribution in [0.3, 0.4) is 0 Å². The average molecular weight is 376 g/mol. The van der Waals surface area contributed by atoms with Crippen LogP contribution in [0.15, 0.2) is 0 Å². The quantitative estimate of drug-likeness (QED) is 0.538. The zero-order chi connectivity index (χ0) is 19.6. The van der Waals surface area contributed by atoms with Gasteiger partial charge in [-0.25, -0.2) is 0 Å². The summed E-state index contributed by atoms with van der Waals surface area (Å²) < 4.78 is 11.0. The molecular formula is C22H32O5. The minimum atomic E-state index is -0.677. The van der Waals surface area contributed by atoms with E-state index in [1.54, 1.807) is 6.92 Å². The van der Waals surface area contributed by atoms with E-state index in [1.165, 1.54) is 32.1 Å². The van der Waals surface area contributed by atoms with Crippen LogP contribution in [0.25, 0.3) is 0 Å². The van der Waals surface area contributed by atoms with Crippen LogP contribution in [-0.4, -0.2) is 23.5 Å². The van der Waals surface area contributed by atoms with Gasteiger partial charge in [-0.1, -0.05) is 6.92 Å². The normalized spacial score (nSPS) is 43.1. The van der Waals surface area contributed by atoms with E-state index in [2.05, 4.69) is 6.92 Å². The molecule has 5 nitrogen and oxygen atoms in total. The van der Waals surface area contributed by atoms with E-state index in [1.807, 2.05) is 13.8 Å². The molecule has 4 bridgehead atoms. The highest BCUT2D eigenvalue weighted by atomic mass is 16.6. The predicted molar refractivity (Wildman–Crippen MR) is 98.3 cm³/mol. The molecule has 5 heteroatoms. The van der Waals surface area contributed by atoms with Crippen molar-refractivity contribution < 1.29 is 23.9 Å². The Hall–Kier alpha value is -1.39. The molecule has 0 aromatic heterocycles. The number of ether oxygens (including phenoxy) is 2. The molecule has 1 saturated heterocycles. The summed E-state index contributed by atoms with van der Waals surface area (Å²) in [6.07, 6.45) is 7.16. The van der Waals surface area contributed by atoms with Gasteiger partial charge in [-0.15, -0.1) is 0 Å². The largest absolute Gasteiger partial charge is 0.458 e. The highest BCUT2D eigenvalue weighted by molar-refractivity contribution is 5.96. The van der Waals surface area contributed by atoms with Crippen LogP contribution >= 0.6 is 0 Å². The topological polar surface area (TPSA) is 69.7 Å². The molecule has 1 aliphatic heterocycles. The van der Waals surface area contributed by atoms with Crippen LogP contribution < -0.4 is 0 Å². The standard InChI is InChI=1S/C22H32O5/c1-12-17(19(24)26-18(12)23)5-6-21(2,3)20(25)27-22(4)15-8-13-7-14(10-15)11-16(22)9-13/h12-17H,5-11H2,1-4H3. The Kier molecular flexibility index (Phi) is 4.43. The van der Waals surface area contributed by atoms with Gasteiger partial charge >= 0.3 is 17.9 Å². The number of cyclic esters (lactones) is 2. The van der Waals surface area contributed by atoms with E-state index in [-0.39, 0.29) is 11.6 Å². The van der Waals surface area contributed by atoms with Crippen LogP contribution in [0.4, 0.5) is 0 Å². The van der Waals surface area contributed by atoms with Crippen molar-refractivity contribution in [1.29, 1.82) is 0 Å². The molecule has 27 heavy (non-hydrogen) atoms. The van der Waals surface area contributed by atoms with E-state index in [0.29, 0.717) is 24.7 Å². The second-order valence-electron chi connectivity index (χ2n) is 10.4. The average Bonchev–Trinajstić information content (AvgIpc) is 2.82. The molecular weight excluding hydrogens is 344 g/mol. The van der Waals surface area contributed by atoms with Gasteiger partial charge in [0, 0.05) is 0 Å². The summed E-state index contributed by atoms with van der Waals surface area (Å²) >= 11 is 0. The Bertz CT molecular complexity index is 636. The van der Waals surface area contributed by atoms with E-state index < -0.39 is 29.2 Å². The smallest absolute Gasteiger partial charge is 0.317 e. The first-order chi connectivity index (χ1) is 12.6. The maximum Gasteiger partial charge on any atom is 0.317 e. The van der Waals surface area contributed by atoms with E-state index in [4.69, 9.17) is 9.47 Å². The molecule has 4 aliphatic carbocycles. The van der Waals surface area contributed by atoms with E-state index in [9.17, 15) is 14.4 Å². The van der Waals surface area contributed by atoms with Crippen LogP contribution in [-0.2, 0) is 23.9 Å². The number of rotatable bonds is 5. The van der Waals surface area contributed by atoms with Crippen LogP contribution in [0.2, 0.25) is 0 Å². The monoisotopic (exact) mass is 376 g/mol. The summed E-state index contributed by atoms with van der Waals surface area (Å²) in [5.74, 6) is 0.720. The second kappa shape index (κ2) is 6.31. The first kappa shape index (κ1) is 18.9. The molecule has 0 radical (unpaired) electrons. The molecule has 4 saturated carbocycles. The Balaban J connectivity index is 1.40. The van der Waals surface area contributed by atoms with Gasteiger partial charge in [0.15, 0.2) is 0 Å². The summed E-state index contributed by atoms with van der Waals surface area (Å²) in [7, 11) is 0. The maximum atomic E-state index is 13.1. The van der Waals surface area contributed by atoms with Gasteiger partial charge in [0.2, 0.25) is 0 Å². The molecule has 1 heterocycles. The van der Waals surface area contributed by atoms with Gasteiger partial charge < -0.3 is 9.47 Å². The number of esters is 3. The summed E-state index contributed by atoms with van der Waals surface area (Å²) in [6.45, 7) is 7.66. The lowest BCUT2D eigenvalue weighted by atomic mass is 9.50. The van der Waals surface area contributed by atoms with Gasteiger partial charge in [0.05, 0.1) is 17.3 Å². The zero-order valence-electron chi connectivity index (χ0n) is 17.0. The fraction of sp³-hybridized carbons (Fsp3) is 0.864. The molecule has 5 fully saturated rings. The lowest BCUT2D eigenvalue weighted by Gasteiger charge is -2.59. The molecule has 0 N–H and O–H groups in total. The van der Waals surface area contributed by atoms with Crippen molar-refractivity contribution in [2.45, 2.75) is 78.2 Å². The fourth-order valence-electron chi connectivity index (χ4n) is 6.25. The van der Waals surface area contributed by atoms with E-state index >= 15 is 0 Å². The minimum absolute atomic E-state index is 0.164. The van der Waals surface area contributed by atoms with E-state index in [0.717, 1.165) is 11.8 Å². The Labute approximate surface area is 161 Å². The van der Waals surface area contributed by atoms with Gasteiger partial charge in [-0.3, -0.25) is 14.4 Å². The Morgan fingerprint density at radius 3 is 2.11 bits per heavy atom. The first-order valence-corrected chi connectivity index (χ1v) is 10.6. The van der Waals surface area contributed by atoms with Crippen LogP contribution in [0.1, 0.15) is 72.6 Å². The zero-order valence-corrected chi connectivity index (χ0v) is 17.0. The van der Waals surface area contributed by atoms with Crippen molar-refractivity contribution in [3.8, 4) is 0 Å². The molecule has 5 aliphatic rings. The third-order valence-corrected chi connectivity index (χ3v) is 8.18. The molecule has 0 aromatic carbocycles. The third-order valence-electron chi connectivity index (χ3n) is 8.18. The van der Waals surface area contributed by atoms with Crippen molar-refractivity contribution in [1.82, 2.24) is 0 Å². The van der Waals surface area contributed by atoms with Gasteiger partial charge in [-0.2, -0.15) is 0 Å². The Morgan fingerprint density at radius 2 is 1.63 bits per heavy atom. The predicted octanol–water partition coefficient (Wildman–Crippen LogP) is 3.89. The van der Waals surface area contributed by atoms with Crippen molar-refractivity contribution in [3.63, 3.8) is 0 Å². The SMILES string of the molecule is CC1C(=O)OC(=O)C1CCC(C)(C)C(=O)OC1(C)C2CC3CC(C2)CC1C3. The number of carbonyl (C=O) groups excluding carboxylic acids is 3. The lowest BCUT2D eigenvalue weighted by Crippen LogP contribution is -2.58. The van der Waals surface area contributed by atoms with Crippen molar-refractivity contribution >= 4 is 17.9 Å². The van der Waals surface area contributed by atoms with Crippen LogP contribution in [0, 0.1) is 40.9 Å². The molecule has 0 aromatic rings. The third kappa shape index (κ3) is 3.11. The summed E-state index contributed by atoms with van der Waals surface area (Å²) in [5, 5.41) is 0. The molecule has 0 amide bonds. The lowest BCUT2D eigenvalue weighted by molar-refractivity contribution is -0.211. The highest BCUT2D eigenvalue weighted by Crippen LogP contribution is 2.59. The minimum Gasteiger partial charge on any atom is -0.458 e. The fourth-order valence-corrected chi connectivity index (χ4v) is 6.25. The number of carbonyl (C=O) groups is 3.